The molecule has 1 aromatic carbocycles. The summed E-state index contributed by atoms with van der Waals surface area (Å²) in [4.78, 5) is 2.38. The van der Waals surface area contributed by atoms with Gasteiger partial charge in [0.15, 0.2) is 0 Å². The van der Waals surface area contributed by atoms with Crippen LogP contribution in [-0.2, 0) is 11.3 Å². The standard InChI is InChI=1S/C13H18BrNO2/c1-13(2)9-15(5-6-17-13)8-10-3-4-12(16)11(14)7-10/h3-4,7,16H,5-6,8-9H2,1-2H3. The molecule has 1 heterocycles. The first-order valence-electron chi connectivity index (χ1n) is 5.80. The predicted octanol–water partition coefficient (Wildman–Crippen LogP) is 2.77. The van der Waals surface area contributed by atoms with Crippen LogP contribution in [0.1, 0.15) is 19.4 Å². The predicted molar refractivity (Wildman–Crippen MR) is 71.1 cm³/mol. The summed E-state index contributed by atoms with van der Waals surface area (Å²) in [6, 6.07) is 5.66. The van der Waals surface area contributed by atoms with Gasteiger partial charge >= 0.3 is 0 Å². The Morgan fingerprint density at radius 3 is 2.88 bits per heavy atom. The number of aromatic hydroxyl groups is 1. The van der Waals surface area contributed by atoms with E-state index in [2.05, 4.69) is 34.7 Å². The van der Waals surface area contributed by atoms with Crippen LogP contribution in [0.15, 0.2) is 22.7 Å². The molecule has 94 valence electrons. The normalized spacial score (nSPS) is 20.4. The van der Waals surface area contributed by atoms with Crippen molar-refractivity contribution in [3.8, 4) is 5.75 Å². The molecule has 1 fully saturated rings. The number of benzene rings is 1. The van der Waals surface area contributed by atoms with Gasteiger partial charge in [-0.25, -0.2) is 0 Å². The Morgan fingerprint density at radius 2 is 2.24 bits per heavy atom. The highest BCUT2D eigenvalue weighted by molar-refractivity contribution is 9.10. The molecule has 3 nitrogen and oxygen atoms in total. The highest BCUT2D eigenvalue weighted by Gasteiger charge is 2.26. The molecule has 1 saturated heterocycles. The van der Waals surface area contributed by atoms with E-state index >= 15 is 0 Å². The Balaban J connectivity index is 2.03. The summed E-state index contributed by atoms with van der Waals surface area (Å²) in [5, 5.41) is 9.45. The Morgan fingerprint density at radius 1 is 1.47 bits per heavy atom. The number of nitrogens with zero attached hydrogens (tertiary/aromatic N) is 1. The quantitative estimate of drug-likeness (QED) is 0.911. The molecule has 1 aliphatic heterocycles. The van der Waals surface area contributed by atoms with Crippen LogP contribution >= 0.6 is 15.9 Å². The van der Waals surface area contributed by atoms with Crippen molar-refractivity contribution in [3.63, 3.8) is 0 Å². The SMILES string of the molecule is CC1(C)CN(Cc2ccc(O)c(Br)c2)CCO1. The summed E-state index contributed by atoms with van der Waals surface area (Å²) in [7, 11) is 0. The monoisotopic (exact) mass is 299 g/mol. The maximum absolute atomic E-state index is 9.45. The van der Waals surface area contributed by atoms with Crippen molar-refractivity contribution in [1.82, 2.24) is 4.90 Å². The average Bonchev–Trinajstić information content (AvgIpc) is 2.22. The largest absolute Gasteiger partial charge is 0.507 e. The van der Waals surface area contributed by atoms with Gasteiger partial charge in [-0.15, -0.1) is 0 Å². The third kappa shape index (κ3) is 3.44. The van der Waals surface area contributed by atoms with Crippen molar-refractivity contribution in [3.05, 3.63) is 28.2 Å². The summed E-state index contributed by atoms with van der Waals surface area (Å²) in [5.41, 5.74) is 1.14. The van der Waals surface area contributed by atoms with Gasteiger partial charge in [0.2, 0.25) is 0 Å². The van der Waals surface area contributed by atoms with Crippen LogP contribution in [-0.4, -0.2) is 35.3 Å². The van der Waals surface area contributed by atoms with Gasteiger partial charge in [0.1, 0.15) is 5.75 Å². The van der Waals surface area contributed by atoms with Crippen LogP contribution in [0.2, 0.25) is 0 Å². The zero-order valence-corrected chi connectivity index (χ0v) is 11.8. The van der Waals surface area contributed by atoms with Gasteiger partial charge in [0, 0.05) is 19.6 Å². The second kappa shape index (κ2) is 4.96. The fourth-order valence-corrected chi connectivity index (χ4v) is 2.58. The van der Waals surface area contributed by atoms with Gasteiger partial charge in [-0.1, -0.05) is 6.07 Å². The molecule has 0 unspecified atom stereocenters. The van der Waals surface area contributed by atoms with E-state index in [0.717, 1.165) is 30.7 Å². The van der Waals surface area contributed by atoms with Gasteiger partial charge in [-0.05, 0) is 47.5 Å². The zero-order chi connectivity index (χ0) is 12.5. The van der Waals surface area contributed by atoms with Crippen molar-refractivity contribution in [2.75, 3.05) is 19.7 Å². The summed E-state index contributed by atoms with van der Waals surface area (Å²) < 4.78 is 6.44. The second-order valence-corrected chi connectivity index (χ2v) is 5.96. The Kier molecular flexibility index (Phi) is 3.76. The number of ether oxygens (including phenoxy) is 1. The fourth-order valence-electron chi connectivity index (χ4n) is 2.16. The van der Waals surface area contributed by atoms with Gasteiger partial charge < -0.3 is 9.84 Å². The number of halogens is 1. The molecule has 0 spiro atoms. The van der Waals surface area contributed by atoms with Crippen LogP contribution in [0.3, 0.4) is 0 Å². The van der Waals surface area contributed by atoms with E-state index in [4.69, 9.17) is 4.74 Å². The molecule has 1 aliphatic rings. The third-order valence-corrected chi connectivity index (χ3v) is 3.56. The highest BCUT2D eigenvalue weighted by Crippen LogP contribution is 2.25. The smallest absolute Gasteiger partial charge is 0.129 e. The second-order valence-electron chi connectivity index (χ2n) is 5.10. The first-order valence-corrected chi connectivity index (χ1v) is 6.59. The van der Waals surface area contributed by atoms with Gasteiger partial charge in [0.25, 0.3) is 0 Å². The number of phenols is 1. The molecule has 0 bridgehead atoms. The molecule has 17 heavy (non-hydrogen) atoms. The lowest BCUT2D eigenvalue weighted by molar-refractivity contribution is -0.0882. The van der Waals surface area contributed by atoms with E-state index in [1.54, 1.807) is 6.07 Å². The first-order chi connectivity index (χ1) is 7.96. The minimum absolute atomic E-state index is 0.0631. The van der Waals surface area contributed by atoms with E-state index in [-0.39, 0.29) is 11.4 Å². The van der Waals surface area contributed by atoms with Crippen LogP contribution in [0.5, 0.6) is 5.75 Å². The summed E-state index contributed by atoms with van der Waals surface area (Å²) in [5.74, 6) is 0.288. The summed E-state index contributed by atoms with van der Waals surface area (Å²) in [6.07, 6.45) is 0. The van der Waals surface area contributed by atoms with E-state index in [1.165, 1.54) is 5.56 Å². The highest BCUT2D eigenvalue weighted by atomic mass is 79.9. The van der Waals surface area contributed by atoms with Crippen molar-refractivity contribution in [2.24, 2.45) is 0 Å². The van der Waals surface area contributed by atoms with Crippen molar-refractivity contribution < 1.29 is 9.84 Å². The number of hydrogen-bond donors (Lipinski definition) is 1. The van der Waals surface area contributed by atoms with E-state index in [9.17, 15) is 5.11 Å². The number of phenolic OH excluding ortho intramolecular Hbond substituents is 1. The third-order valence-electron chi connectivity index (χ3n) is 2.92. The van der Waals surface area contributed by atoms with Crippen LogP contribution in [0.4, 0.5) is 0 Å². The molecule has 0 aliphatic carbocycles. The van der Waals surface area contributed by atoms with Crippen LogP contribution in [0.25, 0.3) is 0 Å². The minimum atomic E-state index is -0.0631. The molecule has 1 aromatic rings. The van der Waals surface area contributed by atoms with Crippen molar-refractivity contribution in [1.29, 1.82) is 0 Å². The van der Waals surface area contributed by atoms with Gasteiger partial charge in [-0.2, -0.15) is 0 Å². The molecule has 0 aromatic heterocycles. The first kappa shape index (κ1) is 12.9. The van der Waals surface area contributed by atoms with E-state index in [1.807, 2.05) is 12.1 Å². The average molecular weight is 300 g/mol. The molecular formula is C13H18BrNO2. The Bertz CT molecular complexity index is 406. The summed E-state index contributed by atoms with van der Waals surface area (Å²) in [6.45, 7) is 7.81. The number of morpholine rings is 1. The van der Waals surface area contributed by atoms with E-state index in [0.29, 0.717) is 0 Å². The molecule has 0 radical (unpaired) electrons. The van der Waals surface area contributed by atoms with Crippen molar-refractivity contribution >= 4 is 15.9 Å². The molecule has 0 amide bonds. The lowest BCUT2D eigenvalue weighted by atomic mass is 10.1. The van der Waals surface area contributed by atoms with Crippen molar-refractivity contribution in [2.45, 2.75) is 26.0 Å². The van der Waals surface area contributed by atoms with Crippen LogP contribution in [0, 0.1) is 0 Å². The zero-order valence-electron chi connectivity index (χ0n) is 10.2. The van der Waals surface area contributed by atoms with Gasteiger partial charge in [-0.3, -0.25) is 4.90 Å². The fraction of sp³-hybridized carbons (Fsp3) is 0.538. The Hall–Kier alpha value is -0.580. The molecular weight excluding hydrogens is 282 g/mol. The molecule has 0 atom stereocenters. The lowest BCUT2D eigenvalue weighted by Crippen LogP contribution is -2.47. The van der Waals surface area contributed by atoms with Crippen LogP contribution < -0.4 is 0 Å². The number of rotatable bonds is 2. The molecule has 2 rings (SSSR count). The minimum Gasteiger partial charge on any atom is -0.507 e. The molecule has 1 N–H and O–H groups in total. The lowest BCUT2D eigenvalue weighted by Gasteiger charge is -2.38. The summed E-state index contributed by atoms with van der Waals surface area (Å²) >= 11 is 3.34. The number of hydrogen-bond acceptors (Lipinski definition) is 3. The maximum atomic E-state index is 9.45. The topological polar surface area (TPSA) is 32.7 Å². The maximum Gasteiger partial charge on any atom is 0.129 e. The Labute approximate surface area is 111 Å². The van der Waals surface area contributed by atoms with E-state index < -0.39 is 0 Å². The molecule has 0 saturated carbocycles. The van der Waals surface area contributed by atoms with Gasteiger partial charge in [0.05, 0.1) is 16.7 Å². The molecule has 4 heteroatoms.